The summed E-state index contributed by atoms with van der Waals surface area (Å²) in [5.74, 6) is -0.603. The summed E-state index contributed by atoms with van der Waals surface area (Å²) in [5.41, 5.74) is 1.68. The van der Waals surface area contributed by atoms with Crippen molar-refractivity contribution in [3.63, 3.8) is 0 Å². The highest BCUT2D eigenvalue weighted by Crippen LogP contribution is 2.24. The Morgan fingerprint density at radius 3 is 2.89 bits per heavy atom. The molecule has 0 radical (unpaired) electrons. The third kappa shape index (κ3) is 1.80. The summed E-state index contributed by atoms with van der Waals surface area (Å²) in [4.78, 5) is 28.2. The smallest absolute Gasteiger partial charge is 0.356 e. The maximum atomic E-state index is 12.1. The van der Waals surface area contributed by atoms with Crippen LogP contribution in [0.4, 0.5) is 0 Å². The Morgan fingerprint density at radius 1 is 1.37 bits per heavy atom. The molecule has 2 aromatic heterocycles. The van der Waals surface area contributed by atoms with Crippen molar-refractivity contribution < 1.29 is 9.53 Å². The maximum absolute atomic E-state index is 12.1. The number of ether oxygens (including phenoxy) is 1. The number of hydrogen-bond donors (Lipinski definition) is 0. The van der Waals surface area contributed by atoms with Gasteiger partial charge in [0.05, 0.1) is 17.3 Å². The number of aryl methyl sites for hydroxylation is 1. The maximum Gasteiger partial charge on any atom is 0.356 e. The Labute approximate surface area is 112 Å². The standard InChI is InChI=1S/C13H10N2O3S/c1-7-3-4-9-10(5-7)19-13-14-8(12(17)18-2)6-11(16)15(9)13/h3-6H,1-2H3. The van der Waals surface area contributed by atoms with Crippen LogP contribution >= 0.6 is 11.3 Å². The molecular weight excluding hydrogens is 264 g/mol. The van der Waals surface area contributed by atoms with Crippen molar-refractivity contribution in [2.75, 3.05) is 7.11 Å². The fourth-order valence-corrected chi connectivity index (χ4v) is 3.08. The van der Waals surface area contributed by atoms with Crippen LogP contribution in [0.5, 0.6) is 0 Å². The Bertz CT molecular complexity index is 863. The molecule has 0 spiro atoms. The highest BCUT2D eigenvalue weighted by molar-refractivity contribution is 7.23. The summed E-state index contributed by atoms with van der Waals surface area (Å²) >= 11 is 1.38. The van der Waals surface area contributed by atoms with E-state index >= 15 is 0 Å². The van der Waals surface area contributed by atoms with Crippen molar-refractivity contribution in [2.45, 2.75) is 6.92 Å². The minimum absolute atomic E-state index is 0.0378. The number of benzene rings is 1. The van der Waals surface area contributed by atoms with Gasteiger partial charge in [-0.2, -0.15) is 0 Å². The van der Waals surface area contributed by atoms with Gasteiger partial charge in [-0.25, -0.2) is 9.78 Å². The second kappa shape index (κ2) is 4.17. The largest absolute Gasteiger partial charge is 0.464 e. The van der Waals surface area contributed by atoms with Gasteiger partial charge in [0.25, 0.3) is 5.56 Å². The first-order valence-electron chi connectivity index (χ1n) is 5.61. The van der Waals surface area contributed by atoms with E-state index in [1.54, 1.807) is 0 Å². The van der Waals surface area contributed by atoms with E-state index in [1.165, 1.54) is 28.9 Å². The third-order valence-corrected chi connectivity index (χ3v) is 3.84. The molecule has 0 saturated carbocycles. The number of carbonyl (C=O) groups excluding carboxylic acids is 1. The Kier molecular flexibility index (Phi) is 2.60. The number of carbonyl (C=O) groups is 1. The van der Waals surface area contributed by atoms with Crippen molar-refractivity contribution in [1.29, 1.82) is 0 Å². The lowest BCUT2D eigenvalue weighted by atomic mass is 10.2. The first-order chi connectivity index (χ1) is 9.10. The molecule has 0 unspecified atom stereocenters. The average molecular weight is 274 g/mol. The SMILES string of the molecule is COC(=O)c1cc(=O)n2c(n1)sc1cc(C)ccc12. The number of hydrogen-bond acceptors (Lipinski definition) is 5. The topological polar surface area (TPSA) is 60.7 Å². The number of nitrogens with zero attached hydrogens (tertiary/aromatic N) is 2. The van der Waals surface area contributed by atoms with Crippen LogP contribution in [0.15, 0.2) is 29.1 Å². The van der Waals surface area contributed by atoms with Gasteiger partial charge in [0.2, 0.25) is 0 Å². The summed E-state index contributed by atoms with van der Waals surface area (Å²) in [6.45, 7) is 1.99. The van der Waals surface area contributed by atoms with Crippen LogP contribution in [0.2, 0.25) is 0 Å². The highest BCUT2D eigenvalue weighted by Gasteiger charge is 2.14. The van der Waals surface area contributed by atoms with Gasteiger partial charge in [-0.3, -0.25) is 9.20 Å². The van der Waals surface area contributed by atoms with Crippen molar-refractivity contribution >= 4 is 32.5 Å². The number of rotatable bonds is 1. The second-order valence-corrected chi connectivity index (χ2v) is 5.17. The van der Waals surface area contributed by atoms with Gasteiger partial charge in [0.15, 0.2) is 10.7 Å². The second-order valence-electron chi connectivity index (χ2n) is 4.16. The Morgan fingerprint density at radius 2 is 2.16 bits per heavy atom. The molecule has 0 fully saturated rings. The van der Waals surface area contributed by atoms with Crippen molar-refractivity contribution in [1.82, 2.24) is 9.38 Å². The monoisotopic (exact) mass is 274 g/mol. The molecule has 0 aliphatic rings. The molecular formula is C13H10N2O3S. The van der Waals surface area contributed by atoms with E-state index < -0.39 is 5.97 Å². The quantitative estimate of drug-likeness (QED) is 0.637. The van der Waals surface area contributed by atoms with E-state index in [2.05, 4.69) is 9.72 Å². The van der Waals surface area contributed by atoms with Crippen LogP contribution in [0.3, 0.4) is 0 Å². The van der Waals surface area contributed by atoms with Crippen LogP contribution in [0.25, 0.3) is 15.2 Å². The molecule has 2 heterocycles. The molecule has 0 amide bonds. The summed E-state index contributed by atoms with van der Waals surface area (Å²) < 4.78 is 7.06. The summed E-state index contributed by atoms with van der Waals surface area (Å²) in [6.07, 6.45) is 0. The van der Waals surface area contributed by atoms with Gasteiger partial charge in [-0.05, 0) is 24.6 Å². The van der Waals surface area contributed by atoms with Crippen LogP contribution < -0.4 is 5.56 Å². The molecule has 96 valence electrons. The van der Waals surface area contributed by atoms with E-state index in [1.807, 2.05) is 25.1 Å². The van der Waals surface area contributed by atoms with Gasteiger partial charge in [0.1, 0.15) is 0 Å². The van der Waals surface area contributed by atoms with Crippen LogP contribution in [0, 0.1) is 6.92 Å². The molecule has 6 heteroatoms. The number of fused-ring (bicyclic) bond motifs is 3. The zero-order chi connectivity index (χ0) is 13.6. The molecule has 19 heavy (non-hydrogen) atoms. The van der Waals surface area contributed by atoms with Crippen LogP contribution in [-0.2, 0) is 4.74 Å². The van der Waals surface area contributed by atoms with Crippen molar-refractivity contribution in [2.24, 2.45) is 0 Å². The lowest BCUT2D eigenvalue weighted by molar-refractivity contribution is 0.0594. The van der Waals surface area contributed by atoms with Gasteiger partial charge in [-0.15, -0.1) is 0 Å². The molecule has 3 aromatic rings. The van der Waals surface area contributed by atoms with E-state index in [9.17, 15) is 9.59 Å². The summed E-state index contributed by atoms with van der Waals surface area (Å²) in [7, 11) is 1.26. The lowest BCUT2D eigenvalue weighted by Crippen LogP contribution is -2.16. The third-order valence-electron chi connectivity index (χ3n) is 2.84. The van der Waals surface area contributed by atoms with Gasteiger partial charge < -0.3 is 4.74 Å². The molecule has 5 nitrogen and oxygen atoms in total. The number of aromatic nitrogens is 2. The molecule has 3 rings (SSSR count). The molecule has 0 atom stereocenters. The molecule has 0 aliphatic carbocycles. The van der Waals surface area contributed by atoms with Gasteiger partial charge >= 0.3 is 5.97 Å². The molecule has 1 aromatic carbocycles. The van der Waals surface area contributed by atoms with E-state index in [0.717, 1.165) is 15.8 Å². The van der Waals surface area contributed by atoms with E-state index in [4.69, 9.17) is 0 Å². The number of thiazole rings is 1. The Balaban J connectivity index is 2.41. The first kappa shape index (κ1) is 11.9. The summed E-state index contributed by atoms with van der Waals surface area (Å²) in [5, 5.41) is 0. The fraction of sp³-hybridized carbons (Fsp3) is 0.154. The molecule has 0 N–H and O–H groups in total. The summed E-state index contributed by atoms with van der Waals surface area (Å²) in [6, 6.07) is 7.01. The molecule has 0 bridgehead atoms. The predicted octanol–water partition coefficient (Wildman–Crippen LogP) is 2.00. The van der Waals surface area contributed by atoms with Crippen LogP contribution in [0.1, 0.15) is 16.1 Å². The molecule has 0 saturated heterocycles. The van der Waals surface area contributed by atoms with E-state index in [-0.39, 0.29) is 11.3 Å². The Hall–Kier alpha value is -2.21. The lowest BCUT2D eigenvalue weighted by Gasteiger charge is -1.99. The highest BCUT2D eigenvalue weighted by atomic mass is 32.1. The first-order valence-corrected chi connectivity index (χ1v) is 6.43. The van der Waals surface area contributed by atoms with Crippen molar-refractivity contribution in [3.05, 3.63) is 45.9 Å². The van der Waals surface area contributed by atoms with Crippen LogP contribution in [-0.4, -0.2) is 22.5 Å². The van der Waals surface area contributed by atoms with Gasteiger partial charge in [0, 0.05) is 6.07 Å². The minimum Gasteiger partial charge on any atom is -0.464 e. The number of methoxy groups -OCH3 is 1. The predicted molar refractivity (Wildman–Crippen MR) is 72.9 cm³/mol. The zero-order valence-electron chi connectivity index (χ0n) is 10.3. The van der Waals surface area contributed by atoms with E-state index in [0.29, 0.717) is 4.96 Å². The average Bonchev–Trinajstić information content (AvgIpc) is 2.75. The van der Waals surface area contributed by atoms with Gasteiger partial charge in [-0.1, -0.05) is 17.4 Å². The van der Waals surface area contributed by atoms with Crippen molar-refractivity contribution in [3.8, 4) is 0 Å². The fourth-order valence-electron chi connectivity index (χ4n) is 1.95. The zero-order valence-corrected chi connectivity index (χ0v) is 11.2. The minimum atomic E-state index is -0.603. The molecule has 0 aliphatic heterocycles. The number of esters is 1. The normalized spacial score (nSPS) is 11.1.